The second kappa shape index (κ2) is 6.01. The van der Waals surface area contributed by atoms with Gasteiger partial charge in [-0.15, -0.1) is 0 Å². The van der Waals surface area contributed by atoms with E-state index in [0.717, 1.165) is 6.42 Å². The molecule has 0 radical (unpaired) electrons. The molecule has 1 rings (SSSR count). The van der Waals surface area contributed by atoms with Gasteiger partial charge in [-0.2, -0.15) is 0 Å². The van der Waals surface area contributed by atoms with Crippen LogP contribution in [0.3, 0.4) is 0 Å². The fourth-order valence-corrected chi connectivity index (χ4v) is 3.29. The zero-order valence-corrected chi connectivity index (χ0v) is 13.9. The van der Waals surface area contributed by atoms with Crippen LogP contribution >= 0.6 is 10.7 Å². The molecule has 0 unspecified atom stereocenters. The van der Waals surface area contributed by atoms with Crippen LogP contribution in [0, 0.1) is 5.41 Å². The van der Waals surface area contributed by atoms with Gasteiger partial charge in [0.15, 0.2) is 0 Å². The van der Waals surface area contributed by atoms with Crippen molar-refractivity contribution in [2.45, 2.75) is 37.0 Å². The highest BCUT2D eigenvalue weighted by Gasteiger charge is 2.21. The zero-order valence-electron chi connectivity index (χ0n) is 11.6. The third-order valence-corrected chi connectivity index (χ3v) is 5.90. The van der Waals surface area contributed by atoms with Gasteiger partial charge in [-0.05, 0) is 36.1 Å². The number of hydrogen-bond acceptors (Lipinski definition) is 4. The molecule has 114 valence electrons. The van der Waals surface area contributed by atoms with Crippen LogP contribution in [0.5, 0.6) is 0 Å². The summed E-state index contributed by atoms with van der Waals surface area (Å²) in [7, 11) is -2.33. The lowest BCUT2D eigenvalue weighted by molar-refractivity contribution is 0.350. The largest absolute Gasteiger partial charge is 0.261 e. The normalized spacial score (nSPS) is 13.4. The predicted octanol–water partition coefficient (Wildman–Crippen LogP) is 2.33. The van der Waals surface area contributed by atoms with E-state index < -0.39 is 19.1 Å². The molecule has 1 N–H and O–H groups in total. The number of benzene rings is 1. The molecule has 0 saturated heterocycles. The Morgan fingerprint density at radius 1 is 1.05 bits per heavy atom. The van der Waals surface area contributed by atoms with Gasteiger partial charge in [-0.1, -0.05) is 20.8 Å². The molecule has 0 amide bonds. The SMILES string of the molecule is CCC(C)(C)CNS(=O)(=O)c1ccc(S(=O)(=O)Cl)cc1. The van der Waals surface area contributed by atoms with E-state index in [0.29, 0.717) is 6.54 Å². The Hall–Kier alpha value is -0.630. The Labute approximate surface area is 124 Å². The number of nitrogens with one attached hydrogen (secondary N) is 1. The van der Waals surface area contributed by atoms with E-state index in [1.54, 1.807) is 0 Å². The smallest absolute Gasteiger partial charge is 0.211 e. The molecule has 8 heteroatoms. The summed E-state index contributed by atoms with van der Waals surface area (Å²) in [5.41, 5.74) is -0.146. The summed E-state index contributed by atoms with van der Waals surface area (Å²) >= 11 is 0. The number of sulfonamides is 1. The lowest BCUT2D eigenvalue weighted by atomic mass is 9.91. The van der Waals surface area contributed by atoms with Crippen molar-refractivity contribution >= 4 is 29.8 Å². The first kappa shape index (κ1) is 17.4. The maximum atomic E-state index is 12.1. The van der Waals surface area contributed by atoms with Crippen LogP contribution in [0.2, 0.25) is 0 Å². The third kappa shape index (κ3) is 4.73. The first-order chi connectivity index (χ1) is 8.98. The third-order valence-electron chi connectivity index (χ3n) is 3.11. The quantitative estimate of drug-likeness (QED) is 0.806. The van der Waals surface area contributed by atoms with E-state index in [4.69, 9.17) is 10.7 Å². The van der Waals surface area contributed by atoms with Crippen LogP contribution in [0.25, 0.3) is 0 Å². The molecule has 20 heavy (non-hydrogen) atoms. The number of rotatable bonds is 6. The highest BCUT2D eigenvalue weighted by molar-refractivity contribution is 8.13. The Morgan fingerprint density at radius 3 is 1.90 bits per heavy atom. The molecule has 0 aromatic heterocycles. The molecule has 0 aliphatic heterocycles. The zero-order chi connectivity index (χ0) is 15.6. The van der Waals surface area contributed by atoms with E-state index in [2.05, 4.69) is 4.72 Å². The molecule has 0 aliphatic carbocycles. The maximum Gasteiger partial charge on any atom is 0.261 e. The van der Waals surface area contributed by atoms with E-state index in [1.807, 2.05) is 20.8 Å². The summed E-state index contributed by atoms with van der Waals surface area (Å²) in [6, 6.07) is 4.77. The maximum absolute atomic E-state index is 12.1. The molecular weight excluding hydrogens is 322 g/mol. The van der Waals surface area contributed by atoms with Crippen LogP contribution in [-0.2, 0) is 19.1 Å². The fourth-order valence-electron chi connectivity index (χ4n) is 1.28. The minimum atomic E-state index is -3.85. The van der Waals surface area contributed by atoms with E-state index >= 15 is 0 Å². The van der Waals surface area contributed by atoms with E-state index in [1.165, 1.54) is 24.3 Å². The van der Waals surface area contributed by atoms with Gasteiger partial charge in [0.1, 0.15) is 0 Å². The molecule has 0 spiro atoms. The van der Waals surface area contributed by atoms with Crippen LogP contribution in [0.4, 0.5) is 0 Å². The Morgan fingerprint density at radius 2 is 1.50 bits per heavy atom. The molecular formula is C12H18ClNO4S2. The van der Waals surface area contributed by atoms with Gasteiger partial charge in [0.2, 0.25) is 10.0 Å². The Kier molecular flexibility index (Phi) is 5.23. The van der Waals surface area contributed by atoms with Crippen molar-refractivity contribution < 1.29 is 16.8 Å². The van der Waals surface area contributed by atoms with Crippen molar-refractivity contribution in [3.05, 3.63) is 24.3 Å². The minimum absolute atomic E-state index is 0.00784. The van der Waals surface area contributed by atoms with Crippen molar-refractivity contribution in [2.24, 2.45) is 5.41 Å². The molecule has 0 heterocycles. The number of halogens is 1. The van der Waals surface area contributed by atoms with Gasteiger partial charge < -0.3 is 0 Å². The van der Waals surface area contributed by atoms with Gasteiger partial charge in [-0.25, -0.2) is 21.6 Å². The topological polar surface area (TPSA) is 80.3 Å². The van der Waals surface area contributed by atoms with Crippen molar-refractivity contribution in [3.63, 3.8) is 0 Å². The summed E-state index contributed by atoms with van der Waals surface area (Å²) in [6.45, 7) is 6.20. The molecule has 0 atom stereocenters. The molecule has 1 aromatic carbocycles. The Balaban J connectivity index is 2.94. The van der Waals surface area contributed by atoms with Crippen LogP contribution in [0.1, 0.15) is 27.2 Å². The average molecular weight is 340 g/mol. The molecule has 0 bridgehead atoms. The monoisotopic (exact) mass is 339 g/mol. The standard InChI is InChI=1S/C12H18ClNO4S2/c1-4-12(2,3)9-14-20(17,18)11-7-5-10(6-8-11)19(13,15)16/h5-8,14H,4,9H2,1-3H3. The van der Waals surface area contributed by atoms with Crippen LogP contribution in [-0.4, -0.2) is 23.4 Å². The highest BCUT2D eigenvalue weighted by Crippen LogP contribution is 2.21. The lowest BCUT2D eigenvalue weighted by Gasteiger charge is -2.22. The lowest BCUT2D eigenvalue weighted by Crippen LogP contribution is -2.33. The summed E-state index contributed by atoms with van der Waals surface area (Å²) in [5, 5.41) is 0. The minimum Gasteiger partial charge on any atom is -0.211 e. The average Bonchev–Trinajstić information content (AvgIpc) is 2.36. The second-order valence-corrected chi connectivity index (χ2v) is 9.58. The molecule has 5 nitrogen and oxygen atoms in total. The van der Waals surface area contributed by atoms with Crippen molar-refractivity contribution in [2.75, 3.05) is 6.54 Å². The second-order valence-electron chi connectivity index (χ2n) is 5.25. The van der Waals surface area contributed by atoms with Crippen molar-refractivity contribution in [1.29, 1.82) is 0 Å². The van der Waals surface area contributed by atoms with Crippen LogP contribution in [0.15, 0.2) is 34.1 Å². The summed E-state index contributed by atoms with van der Waals surface area (Å²) in [6.07, 6.45) is 0.832. The van der Waals surface area contributed by atoms with Gasteiger partial charge >= 0.3 is 0 Å². The predicted molar refractivity (Wildman–Crippen MR) is 78.7 cm³/mol. The first-order valence-corrected chi connectivity index (χ1v) is 9.81. The molecule has 0 aliphatic rings. The summed E-state index contributed by atoms with van der Waals surface area (Å²) in [5.74, 6) is 0. The first-order valence-electron chi connectivity index (χ1n) is 6.02. The van der Waals surface area contributed by atoms with Gasteiger partial charge in [0.05, 0.1) is 9.79 Å². The van der Waals surface area contributed by atoms with E-state index in [-0.39, 0.29) is 15.2 Å². The van der Waals surface area contributed by atoms with Crippen molar-refractivity contribution in [3.8, 4) is 0 Å². The highest BCUT2D eigenvalue weighted by atomic mass is 35.7. The summed E-state index contributed by atoms with van der Waals surface area (Å²) < 4.78 is 48.8. The van der Waals surface area contributed by atoms with Crippen molar-refractivity contribution in [1.82, 2.24) is 4.72 Å². The van der Waals surface area contributed by atoms with Gasteiger partial charge in [0, 0.05) is 17.2 Å². The van der Waals surface area contributed by atoms with Crippen LogP contribution < -0.4 is 4.72 Å². The fraction of sp³-hybridized carbons (Fsp3) is 0.500. The molecule has 0 fully saturated rings. The summed E-state index contributed by atoms with van der Waals surface area (Å²) in [4.78, 5) is -0.125. The Bertz CT molecular complexity index is 664. The van der Waals surface area contributed by atoms with E-state index in [9.17, 15) is 16.8 Å². The molecule has 0 saturated carbocycles. The number of hydrogen-bond donors (Lipinski definition) is 1. The molecule has 1 aromatic rings. The van der Waals surface area contributed by atoms with Gasteiger partial charge in [0.25, 0.3) is 9.05 Å². The van der Waals surface area contributed by atoms with Gasteiger partial charge in [-0.3, -0.25) is 0 Å².